The van der Waals surface area contributed by atoms with Gasteiger partial charge in [-0.3, -0.25) is 9.59 Å². The van der Waals surface area contributed by atoms with Crippen LogP contribution >= 0.6 is 36.2 Å². The maximum absolute atomic E-state index is 13.0. The van der Waals surface area contributed by atoms with Crippen LogP contribution in [0.25, 0.3) is 10.6 Å². The molecule has 2 aliphatic heterocycles. The molecule has 0 aliphatic carbocycles. The van der Waals surface area contributed by atoms with Crippen LogP contribution in [-0.2, 0) is 7.05 Å². The fourth-order valence-electron chi connectivity index (χ4n) is 3.97. The van der Waals surface area contributed by atoms with E-state index in [0.29, 0.717) is 33.0 Å². The van der Waals surface area contributed by atoms with Gasteiger partial charge in [-0.1, -0.05) is 0 Å². The molecular formula is C18H25Cl2N5O2S. The zero-order chi connectivity index (χ0) is 18.6. The third-order valence-electron chi connectivity index (χ3n) is 5.61. The van der Waals surface area contributed by atoms with Gasteiger partial charge < -0.3 is 10.2 Å². The summed E-state index contributed by atoms with van der Waals surface area (Å²) >= 11 is 1.32. The van der Waals surface area contributed by atoms with E-state index in [1.807, 2.05) is 25.7 Å². The molecule has 7 nitrogen and oxygen atoms in total. The standard InChI is InChI=1S/C18H23N5O2S.2ClH/c1-9-10(2)21-22(4)17(24)14(9)16-20-11(3)15(26-16)18(25)23-7-12-5-19-6-13(12)8-23;;/h12-13,19H,5-8H2,1-4H3;2*1H/t12-,13+;;. The maximum atomic E-state index is 13.0. The van der Waals surface area contributed by atoms with Crippen LogP contribution in [0, 0.1) is 32.6 Å². The molecule has 2 atom stereocenters. The van der Waals surface area contributed by atoms with Gasteiger partial charge >= 0.3 is 0 Å². The number of fused-ring (bicyclic) bond motifs is 1. The van der Waals surface area contributed by atoms with Crippen LogP contribution in [-0.4, -0.2) is 51.8 Å². The summed E-state index contributed by atoms with van der Waals surface area (Å²) in [5.41, 5.74) is 2.68. The summed E-state index contributed by atoms with van der Waals surface area (Å²) in [6, 6.07) is 0. The molecule has 0 spiro atoms. The Morgan fingerprint density at radius 2 is 1.71 bits per heavy atom. The molecule has 2 saturated heterocycles. The van der Waals surface area contributed by atoms with Gasteiger partial charge in [-0.25, -0.2) is 9.67 Å². The minimum atomic E-state index is -0.178. The average molecular weight is 446 g/mol. The van der Waals surface area contributed by atoms with Crippen LogP contribution in [0.4, 0.5) is 0 Å². The highest BCUT2D eigenvalue weighted by Crippen LogP contribution is 2.32. The number of aromatic nitrogens is 3. The summed E-state index contributed by atoms with van der Waals surface area (Å²) in [5.74, 6) is 1.16. The van der Waals surface area contributed by atoms with Crippen LogP contribution < -0.4 is 10.9 Å². The second kappa shape index (κ2) is 8.49. The lowest BCUT2D eigenvalue weighted by Crippen LogP contribution is -2.31. The first kappa shape index (κ1) is 22.8. The minimum Gasteiger partial charge on any atom is -0.337 e. The Morgan fingerprint density at radius 1 is 1.11 bits per heavy atom. The molecule has 1 amide bonds. The van der Waals surface area contributed by atoms with E-state index in [1.54, 1.807) is 7.05 Å². The second-order valence-corrected chi connectivity index (χ2v) is 8.34. The molecule has 2 fully saturated rings. The van der Waals surface area contributed by atoms with Crippen molar-refractivity contribution in [1.82, 2.24) is 25.0 Å². The number of rotatable bonds is 2. The Morgan fingerprint density at radius 3 is 2.32 bits per heavy atom. The lowest BCUT2D eigenvalue weighted by atomic mass is 10.0. The van der Waals surface area contributed by atoms with E-state index >= 15 is 0 Å². The van der Waals surface area contributed by atoms with Crippen molar-refractivity contribution in [2.75, 3.05) is 26.2 Å². The number of aryl methyl sites for hydroxylation is 3. The van der Waals surface area contributed by atoms with Gasteiger partial charge in [0.05, 0.1) is 17.0 Å². The number of amides is 1. The normalized spacial score (nSPS) is 20.5. The quantitative estimate of drug-likeness (QED) is 0.763. The Kier molecular flexibility index (Phi) is 6.91. The highest BCUT2D eigenvalue weighted by atomic mass is 35.5. The van der Waals surface area contributed by atoms with Crippen molar-refractivity contribution in [3.8, 4) is 10.6 Å². The number of carbonyl (C=O) groups excluding carboxylic acids is 1. The summed E-state index contributed by atoms with van der Waals surface area (Å²) in [4.78, 5) is 32.8. The zero-order valence-corrected chi connectivity index (χ0v) is 18.8. The first-order chi connectivity index (χ1) is 12.4. The van der Waals surface area contributed by atoms with Crippen molar-refractivity contribution < 1.29 is 4.79 Å². The number of nitrogens with one attached hydrogen (secondary N) is 1. The highest BCUT2D eigenvalue weighted by molar-refractivity contribution is 7.17. The minimum absolute atomic E-state index is 0. The first-order valence-corrected chi connectivity index (χ1v) is 9.70. The number of thiazole rings is 1. The Hall–Kier alpha value is -1.48. The number of likely N-dealkylation sites (tertiary alicyclic amines) is 1. The molecule has 4 heterocycles. The summed E-state index contributed by atoms with van der Waals surface area (Å²) in [5, 5.41) is 8.22. The Balaban J connectivity index is 0.00000140. The van der Waals surface area contributed by atoms with E-state index in [2.05, 4.69) is 15.4 Å². The van der Waals surface area contributed by atoms with Crippen molar-refractivity contribution in [2.24, 2.45) is 18.9 Å². The highest BCUT2D eigenvalue weighted by Gasteiger charge is 2.39. The summed E-state index contributed by atoms with van der Waals surface area (Å²) in [6.07, 6.45) is 0. The van der Waals surface area contributed by atoms with Crippen molar-refractivity contribution >= 4 is 42.1 Å². The van der Waals surface area contributed by atoms with Crippen LogP contribution in [0.2, 0.25) is 0 Å². The molecule has 4 rings (SSSR count). The van der Waals surface area contributed by atoms with E-state index < -0.39 is 0 Å². The lowest BCUT2D eigenvalue weighted by molar-refractivity contribution is 0.0785. The van der Waals surface area contributed by atoms with Crippen LogP contribution in [0.3, 0.4) is 0 Å². The van der Waals surface area contributed by atoms with Gasteiger partial charge in [-0.05, 0) is 38.2 Å². The molecule has 0 unspecified atom stereocenters. The molecule has 2 aromatic heterocycles. The van der Waals surface area contributed by atoms with E-state index in [4.69, 9.17) is 0 Å². The second-order valence-electron chi connectivity index (χ2n) is 7.34. The van der Waals surface area contributed by atoms with Gasteiger partial charge in [0.15, 0.2) is 0 Å². The fraction of sp³-hybridized carbons (Fsp3) is 0.556. The summed E-state index contributed by atoms with van der Waals surface area (Å²) in [6.45, 7) is 9.20. The van der Waals surface area contributed by atoms with E-state index in [1.165, 1.54) is 16.0 Å². The molecule has 0 radical (unpaired) electrons. The maximum Gasteiger partial charge on any atom is 0.277 e. The van der Waals surface area contributed by atoms with Gasteiger partial charge in [0.2, 0.25) is 0 Å². The third kappa shape index (κ3) is 3.70. The van der Waals surface area contributed by atoms with Crippen LogP contribution in [0.1, 0.15) is 26.6 Å². The molecule has 1 N–H and O–H groups in total. The number of hydrogen-bond donors (Lipinski definition) is 1. The van der Waals surface area contributed by atoms with E-state index in [-0.39, 0.29) is 36.3 Å². The monoisotopic (exact) mass is 445 g/mol. The Bertz CT molecular complexity index is 946. The summed E-state index contributed by atoms with van der Waals surface area (Å²) in [7, 11) is 1.64. The summed E-state index contributed by atoms with van der Waals surface area (Å²) < 4.78 is 1.34. The molecular weight excluding hydrogens is 421 g/mol. The van der Waals surface area contributed by atoms with Crippen molar-refractivity contribution in [3.63, 3.8) is 0 Å². The number of nitrogens with zero attached hydrogens (tertiary/aromatic N) is 4. The molecule has 0 saturated carbocycles. The number of halogens is 2. The zero-order valence-electron chi connectivity index (χ0n) is 16.3. The van der Waals surface area contributed by atoms with Gasteiger partial charge in [0, 0.05) is 33.2 Å². The van der Waals surface area contributed by atoms with Gasteiger partial charge in [-0.2, -0.15) is 5.10 Å². The topological polar surface area (TPSA) is 80.1 Å². The van der Waals surface area contributed by atoms with E-state index in [9.17, 15) is 9.59 Å². The first-order valence-electron chi connectivity index (χ1n) is 8.89. The SMILES string of the molecule is Cc1nc(-c2c(C)c(C)nn(C)c2=O)sc1C(=O)N1C[C@H]2CNC[C@H]2C1.Cl.Cl. The molecule has 10 heteroatoms. The molecule has 2 aromatic rings. The van der Waals surface area contributed by atoms with Crippen molar-refractivity contribution in [2.45, 2.75) is 20.8 Å². The van der Waals surface area contributed by atoms with E-state index in [0.717, 1.165) is 37.4 Å². The lowest BCUT2D eigenvalue weighted by Gasteiger charge is -2.16. The van der Waals surface area contributed by atoms with Crippen LogP contribution in [0.5, 0.6) is 0 Å². The predicted molar refractivity (Wildman–Crippen MR) is 115 cm³/mol. The predicted octanol–water partition coefficient (Wildman–Crippen LogP) is 1.96. The smallest absolute Gasteiger partial charge is 0.277 e. The van der Waals surface area contributed by atoms with Crippen molar-refractivity contribution in [3.05, 3.63) is 32.2 Å². The van der Waals surface area contributed by atoms with Crippen molar-refractivity contribution in [1.29, 1.82) is 0 Å². The largest absolute Gasteiger partial charge is 0.337 e. The van der Waals surface area contributed by atoms with Gasteiger partial charge in [0.1, 0.15) is 9.88 Å². The van der Waals surface area contributed by atoms with Gasteiger partial charge in [0.25, 0.3) is 11.5 Å². The molecule has 28 heavy (non-hydrogen) atoms. The average Bonchev–Trinajstić information content (AvgIpc) is 3.27. The molecule has 154 valence electrons. The third-order valence-corrected chi connectivity index (χ3v) is 6.77. The fourth-order valence-corrected chi connectivity index (χ4v) is 5.10. The van der Waals surface area contributed by atoms with Crippen LogP contribution in [0.15, 0.2) is 4.79 Å². The molecule has 2 aliphatic rings. The number of hydrogen-bond acceptors (Lipinski definition) is 6. The molecule has 0 bridgehead atoms. The van der Waals surface area contributed by atoms with Gasteiger partial charge in [-0.15, -0.1) is 36.2 Å². The Labute approximate surface area is 180 Å². The molecule has 0 aromatic carbocycles. The number of carbonyl (C=O) groups is 1.